The Balaban J connectivity index is 2.40. The molecule has 0 aromatic heterocycles. The van der Waals surface area contributed by atoms with Crippen LogP contribution >= 0.6 is 0 Å². The van der Waals surface area contributed by atoms with E-state index in [9.17, 15) is 13.2 Å². The standard InChI is InChI=1S/C18H22N2O3S/c1-13-10-11-17(19-15(3)21)12-18(13)24(22,23)20(4)14(2)16-8-6-5-7-9-16/h5-12,14H,1-4H3,(H,19,21). The number of rotatable bonds is 5. The summed E-state index contributed by atoms with van der Waals surface area (Å²) in [7, 11) is -2.13. The third-order valence-electron chi connectivity index (χ3n) is 3.99. The molecule has 1 amide bonds. The Bertz CT molecular complexity index is 833. The highest BCUT2D eigenvalue weighted by Gasteiger charge is 2.28. The van der Waals surface area contributed by atoms with Gasteiger partial charge in [-0.25, -0.2) is 8.42 Å². The van der Waals surface area contributed by atoms with E-state index in [-0.39, 0.29) is 16.8 Å². The summed E-state index contributed by atoms with van der Waals surface area (Å²) >= 11 is 0. The highest BCUT2D eigenvalue weighted by molar-refractivity contribution is 7.89. The molecular formula is C18H22N2O3S. The van der Waals surface area contributed by atoms with Crippen LogP contribution < -0.4 is 5.32 Å². The molecule has 128 valence electrons. The smallest absolute Gasteiger partial charge is 0.243 e. The largest absolute Gasteiger partial charge is 0.326 e. The van der Waals surface area contributed by atoms with Gasteiger partial charge >= 0.3 is 0 Å². The zero-order valence-corrected chi connectivity index (χ0v) is 15.1. The maximum absolute atomic E-state index is 13.0. The van der Waals surface area contributed by atoms with Gasteiger partial charge in [0.25, 0.3) is 0 Å². The summed E-state index contributed by atoms with van der Waals surface area (Å²) in [6, 6.07) is 14.0. The summed E-state index contributed by atoms with van der Waals surface area (Å²) in [6.45, 7) is 4.98. The minimum atomic E-state index is -3.69. The maximum atomic E-state index is 13.0. The number of nitrogens with zero attached hydrogens (tertiary/aromatic N) is 1. The zero-order chi connectivity index (χ0) is 17.9. The topological polar surface area (TPSA) is 66.5 Å². The molecule has 0 aliphatic rings. The van der Waals surface area contributed by atoms with Gasteiger partial charge in [0.1, 0.15) is 0 Å². The maximum Gasteiger partial charge on any atom is 0.243 e. The van der Waals surface area contributed by atoms with Crippen LogP contribution in [-0.2, 0) is 14.8 Å². The van der Waals surface area contributed by atoms with Gasteiger partial charge in [0, 0.05) is 25.7 Å². The summed E-state index contributed by atoms with van der Waals surface area (Å²) in [5.74, 6) is -0.242. The lowest BCUT2D eigenvalue weighted by Crippen LogP contribution is -2.30. The summed E-state index contributed by atoms with van der Waals surface area (Å²) in [4.78, 5) is 11.4. The van der Waals surface area contributed by atoms with Gasteiger partial charge in [0.15, 0.2) is 0 Å². The fraction of sp³-hybridized carbons (Fsp3) is 0.278. The fourth-order valence-electron chi connectivity index (χ4n) is 2.46. The number of benzene rings is 2. The quantitative estimate of drug-likeness (QED) is 0.903. The molecule has 2 aromatic carbocycles. The molecule has 0 saturated heterocycles. The van der Waals surface area contributed by atoms with Crippen LogP contribution in [-0.4, -0.2) is 25.7 Å². The van der Waals surface area contributed by atoms with Gasteiger partial charge in [0.05, 0.1) is 4.90 Å². The molecule has 24 heavy (non-hydrogen) atoms. The van der Waals surface area contributed by atoms with Gasteiger partial charge in [-0.3, -0.25) is 4.79 Å². The van der Waals surface area contributed by atoms with Gasteiger partial charge < -0.3 is 5.32 Å². The van der Waals surface area contributed by atoms with E-state index in [0.717, 1.165) is 5.56 Å². The summed E-state index contributed by atoms with van der Waals surface area (Å²) in [5, 5.41) is 2.62. The minimum absolute atomic E-state index is 0.194. The Morgan fingerprint density at radius 3 is 2.33 bits per heavy atom. The first kappa shape index (κ1) is 18.2. The SMILES string of the molecule is CC(=O)Nc1ccc(C)c(S(=O)(=O)N(C)C(C)c2ccccc2)c1. The number of hydrogen-bond donors (Lipinski definition) is 1. The number of carbonyl (C=O) groups excluding carboxylic acids is 1. The minimum Gasteiger partial charge on any atom is -0.326 e. The third kappa shape index (κ3) is 3.83. The molecule has 0 radical (unpaired) electrons. The van der Waals surface area contributed by atoms with Crippen LogP contribution in [0.3, 0.4) is 0 Å². The normalized spacial score (nSPS) is 12.9. The van der Waals surface area contributed by atoms with Crippen LogP contribution in [0.1, 0.15) is 31.0 Å². The Morgan fingerprint density at radius 1 is 1.12 bits per heavy atom. The molecule has 0 heterocycles. The van der Waals surface area contributed by atoms with Gasteiger partial charge in [-0.1, -0.05) is 36.4 Å². The second-order valence-corrected chi connectivity index (χ2v) is 7.74. The number of anilines is 1. The monoisotopic (exact) mass is 346 g/mol. The molecule has 2 rings (SSSR count). The van der Waals surface area contributed by atoms with Crippen LogP contribution in [0.5, 0.6) is 0 Å². The number of sulfonamides is 1. The van der Waals surface area contributed by atoms with Crippen LogP contribution in [0.25, 0.3) is 0 Å². The first-order chi connectivity index (χ1) is 11.2. The predicted octanol–water partition coefficient (Wildman–Crippen LogP) is 3.34. The lowest BCUT2D eigenvalue weighted by molar-refractivity contribution is -0.114. The average Bonchev–Trinajstić information content (AvgIpc) is 2.55. The second kappa shape index (κ2) is 7.15. The number of carbonyl (C=O) groups is 1. The number of nitrogens with one attached hydrogen (secondary N) is 1. The number of aryl methyl sites for hydroxylation is 1. The van der Waals surface area contributed by atoms with E-state index >= 15 is 0 Å². The van der Waals surface area contributed by atoms with Gasteiger partial charge in [-0.2, -0.15) is 4.31 Å². The number of hydrogen-bond acceptors (Lipinski definition) is 3. The number of amides is 1. The van der Waals surface area contributed by atoms with Crippen molar-refractivity contribution in [1.82, 2.24) is 4.31 Å². The summed E-state index contributed by atoms with van der Waals surface area (Å²) in [6.07, 6.45) is 0. The van der Waals surface area contributed by atoms with Crippen molar-refractivity contribution in [2.24, 2.45) is 0 Å². The van der Waals surface area contributed by atoms with Crippen LogP contribution in [0.2, 0.25) is 0 Å². The molecule has 0 spiro atoms. The van der Waals surface area contributed by atoms with E-state index in [1.807, 2.05) is 37.3 Å². The van der Waals surface area contributed by atoms with E-state index in [2.05, 4.69) is 5.32 Å². The van der Waals surface area contributed by atoms with E-state index < -0.39 is 10.0 Å². The van der Waals surface area contributed by atoms with Gasteiger partial charge in [-0.05, 0) is 37.1 Å². The van der Waals surface area contributed by atoms with E-state index in [0.29, 0.717) is 11.3 Å². The Kier molecular flexibility index (Phi) is 5.41. The first-order valence-corrected chi connectivity index (χ1v) is 9.08. The van der Waals surface area contributed by atoms with Crippen molar-refractivity contribution < 1.29 is 13.2 Å². The van der Waals surface area contributed by atoms with Crippen molar-refractivity contribution in [3.8, 4) is 0 Å². The molecule has 1 unspecified atom stereocenters. The van der Waals surface area contributed by atoms with Crippen LogP contribution in [0, 0.1) is 6.92 Å². The summed E-state index contributed by atoms with van der Waals surface area (Å²) < 4.78 is 27.4. The molecule has 1 N–H and O–H groups in total. The molecular weight excluding hydrogens is 324 g/mol. The van der Waals surface area contributed by atoms with E-state index in [4.69, 9.17) is 0 Å². The Labute approximate surface area is 143 Å². The van der Waals surface area contributed by atoms with Crippen molar-refractivity contribution in [3.05, 3.63) is 59.7 Å². The van der Waals surface area contributed by atoms with Crippen molar-refractivity contribution in [2.45, 2.75) is 31.7 Å². The molecule has 1 atom stereocenters. The molecule has 0 saturated carbocycles. The van der Waals surface area contributed by atoms with Crippen LogP contribution in [0.15, 0.2) is 53.4 Å². The predicted molar refractivity (Wildman–Crippen MR) is 95.3 cm³/mol. The van der Waals surface area contributed by atoms with Gasteiger partial charge in [-0.15, -0.1) is 0 Å². The fourth-order valence-corrected chi connectivity index (χ4v) is 4.06. The molecule has 0 bridgehead atoms. The molecule has 0 aliphatic carbocycles. The lowest BCUT2D eigenvalue weighted by Gasteiger charge is -2.25. The Hall–Kier alpha value is -2.18. The van der Waals surface area contributed by atoms with Crippen molar-refractivity contribution >= 4 is 21.6 Å². The first-order valence-electron chi connectivity index (χ1n) is 7.64. The molecule has 6 heteroatoms. The van der Waals surface area contributed by atoms with E-state index in [1.54, 1.807) is 26.1 Å². The van der Waals surface area contributed by atoms with Crippen molar-refractivity contribution in [2.75, 3.05) is 12.4 Å². The zero-order valence-electron chi connectivity index (χ0n) is 14.3. The van der Waals surface area contributed by atoms with Crippen molar-refractivity contribution in [1.29, 1.82) is 0 Å². The Morgan fingerprint density at radius 2 is 1.75 bits per heavy atom. The van der Waals surface area contributed by atoms with Gasteiger partial charge in [0.2, 0.25) is 15.9 Å². The second-order valence-electron chi connectivity index (χ2n) is 5.77. The lowest BCUT2D eigenvalue weighted by atomic mass is 10.1. The van der Waals surface area contributed by atoms with Crippen LogP contribution in [0.4, 0.5) is 5.69 Å². The van der Waals surface area contributed by atoms with E-state index in [1.165, 1.54) is 17.3 Å². The molecule has 0 fully saturated rings. The molecule has 2 aromatic rings. The molecule has 0 aliphatic heterocycles. The highest BCUT2D eigenvalue weighted by atomic mass is 32.2. The third-order valence-corrected chi connectivity index (χ3v) is 6.06. The summed E-state index contributed by atoms with van der Waals surface area (Å²) in [5.41, 5.74) is 2.02. The van der Waals surface area contributed by atoms with Crippen molar-refractivity contribution in [3.63, 3.8) is 0 Å². The molecule has 5 nitrogen and oxygen atoms in total. The average molecular weight is 346 g/mol. The highest BCUT2D eigenvalue weighted by Crippen LogP contribution is 2.28.